The number of aromatic nitrogens is 1. The van der Waals surface area contributed by atoms with E-state index in [0.29, 0.717) is 22.2 Å². The van der Waals surface area contributed by atoms with Crippen molar-refractivity contribution in [2.24, 2.45) is 0 Å². The van der Waals surface area contributed by atoms with Gasteiger partial charge in [0.15, 0.2) is 0 Å². The zero-order valence-corrected chi connectivity index (χ0v) is 10.3. The normalized spacial score (nSPS) is 10.6. The number of hydrogen-bond acceptors (Lipinski definition) is 4. The maximum atomic E-state index is 9.42. The number of methoxy groups -OCH3 is 2. The molecule has 0 radical (unpaired) electrons. The first-order valence-electron chi connectivity index (χ1n) is 5.01. The Bertz CT molecular complexity index is 557. The number of hydrogen-bond donors (Lipinski definition) is 1. The summed E-state index contributed by atoms with van der Waals surface area (Å²) in [6.07, 6.45) is 1.62. The summed E-state index contributed by atoms with van der Waals surface area (Å²) in [5.74, 6) is 1.21. The Morgan fingerprint density at radius 1 is 1.18 bits per heavy atom. The minimum absolute atomic E-state index is 0.135. The minimum Gasteiger partial charge on any atom is -0.496 e. The van der Waals surface area contributed by atoms with E-state index in [4.69, 9.17) is 21.1 Å². The number of nitrogens with zero attached hydrogens (tertiary/aromatic N) is 1. The van der Waals surface area contributed by atoms with Gasteiger partial charge in [0.05, 0.1) is 20.8 Å². The Kier molecular flexibility index (Phi) is 3.36. The summed E-state index contributed by atoms with van der Waals surface area (Å²) in [6.45, 7) is -0.135. The van der Waals surface area contributed by atoms with Crippen molar-refractivity contribution in [1.29, 1.82) is 0 Å². The fourth-order valence-electron chi connectivity index (χ4n) is 1.81. The summed E-state index contributed by atoms with van der Waals surface area (Å²) in [5.41, 5.74) is 0.674. The van der Waals surface area contributed by atoms with Crippen molar-refractivity contribution in [3.63, 3.8) is 0 Å². The monoisotopic (exact) mass is 253 g/mol. The quantitative estimate of drug-likeness (QED) is 0.854. The highest BCUT2D eigenvalue weighted by Crippen LogP contribution is 2.36. The molecule has 5 heteroatoms. The molecule has 1 heterocycles. The SMILES string of the molecule is COc1cc(OC)c2cnc(Cl)cc2c1CO. The van der Waals surface area contributed by atoms with E-state index < -0.39 is 0 Å². The lowest BCUT2D eigenvalue weighted by Crippen LogP contribution is -1.96. The lowest BCUT2D eigenvalue weighted by Gasteiger charge is -2.13. The smallest absolute Gasteiger partial charge is 0.131 e. The summed E-state index contributed by atoms with van der Waals surface area (Å²) in [4.78, 5) is 4.01. The van der Waals surface area contributed by atoms with Gasteiger partial charge in [-0.1, -0.05) is 11.6 Å². The molecule has 0 aliphatic carbocycles. The maximum Gasteiger partial charge on any atom is 0.131 e. The zero-order valence-electron chi connectivity index (χ0n) is 9.53. The molecule has 0 saturated heterocycles. The van der Waals surface area contributed by atoms with Crippen LogP contribution in [0.5, 0.6) is 11.5 Å². The van der Waals surface area contributed by atoms with Crippen LogP contribution in [0.25, 0.3) is 10.8 Å². The molecular formula is C12H12ClNO3. The highest BCUT2D eigenvalue weighted by atomic mass is 35.5. The lowest BCUT2D eigenvalue weighted by molar-refractivity contribution is 0.275. The molecule has 0 aliphatic heterocycles. The van der Waals surface area contributed by atoms with Gasteiger partial charge in [-0.25, -0.2) is 4.98 Å². The molecule has 4 nitrogen and oxygen atoms in total. The Hall–Kier alpha value is -1.52. The molecule has 1 aromatic carbocycles. The second-order valence-electron chi connectivity index (χ2n) is 3.47. The fraction of sp³-hybridized carbons (Fsp3) is 0.250. The van der Waals surface area contributed by atoms with E-state index in [-0.39, 0.29) is 6.61 Å². The van der Waals surface area contributed by atoms with Crippen molar-refractivity contribution < 1.29 is 14.6 Å². The first-order chi connectivity index (χ1) is 8.21. The van der Waals surface area contributed by atoms with Gasteiger partial charge in [0, 0.05) is 23.2 Å². The average Bonchev–Trinajstić information content (AvgIpc) is 2.36. The molecule has 0 bridgehead atoms. The molecule has 0 saturated carbocycles. The fourth-order valence-corrected chi connectivity index (χ4v) is 1.96. The Morgan fingerprint density at radius 3 is 2.47 bits per heavy atom. The standard InChI is InChI=1S/C12H12ClNO3/c1-16-10-4-11(17-2)9(6-15)7-3-12(13)14-5-8(7)10/h3-5,15H,6H2,1-2H3. The topological polar surface area (TPSA) is 51.6 Å². The lowest BCUT2D eigenvalue weighted by atomic mass is 10.0. The Morgan fingerprint density at radius 2 is 1.88 bits per heavy atom. The third-order valence-corrected chi connectivity index (χ3v) is 2.83. The van der Waals surface area contributed by atoms with Crippen LogP contribution in [0.3, 0.4) is 0 Å². The van der Waals surface area contributed by atoms with Gasteiger partial charge in [0.2, 0.25) is 0 Å². The van der Waals surface area contributed by atoms with Crippen LogP contribution >= 0.6 is 11.6 Å². The summed E-state index contributed by atoms with van der Waals surface area (Å²) in [7, 11) is 3.12. The number of rotatable bonds is 3. The van der Waals surface area contributed by atoms with Crippen LogP contribution in [-0.4, -0.2) is 24.3 Å². The van der Waals surface area contributed by atoms with E-state index in [1.54, 1.807) is 32.5 Å². The summed E-state index contributed by atoms with van der Waals surface area (Å²) in [6, 6.07) is 3.41. The Balaban J connectivity index is 2.86. The molecule has 0 unspecified atom stereocenters. The summed E-state index contributed by atoms with van der Waals surface area (Å²) >= 11 is 5.86. The van der Waals surface area contributed by atoms with Gasteiger partial charge in [-0.05, 0) is 11.5 Å². The molecule has 0 atom stereocenters. The van der Waals surface area contributed by atoms with Crippen LogP contribution in [-0.2, 0) is 6.61 Å². The van der Waals surface area contributed by atoms with Gasteiger partial charge in [0.25, 0.3) is 0 Å². The Labute approximate surface area is 104 Å². The van der Waals surface area contributed by atoms with Crippen molar-refractivity contribution in [3.05, 3.63) is 29.0 Å². The highest BCUT2D eigenvalue weighted by molar-refractivity contribution is 6.30. The van der Waals surface area contributed by atoms with Crippen molar-refractivity contribution in [2.45, 2.75) is 6.61 Å². The average molecular weight is 254 g/mol. The molecule has 0 fully saturated rings. The van der Waals surface area contributed by atoms with E-state index in [1.165, 1.54) is 0 Å². The van der Waals surface area contributed by atoms with E-state index >= 15 is 0 Å². The first kappa shape index (κ1) is 12.0. The number of pyridine rings is 1. The molecular weight excluding hydrogens is 242 g/mol. The molecule has 1 N–H and O–H groups in total. The van der Waals surface area contributed by atoms with Crippen molar-refractivity contribution >= 4 is 22.4 Å². The van der Waals surface area contributed by atoms with Crippen LogP contribution in [0.4, 0.5) is 0 Å². The second-order valence-corrected chi connectivity index (χ2v) is 3.86. The molecule has 0 aliphatic rings. The molecule has 17 heavy (non-hydrogen) atoms. The van der Waals surface area contributed by atoms with Crippen LogP contribution < -0.4 is 9.47 Å². The van der Waals surface area contributed by atoms with E-state index in [9.17, 15) is 5.11 Å². The maximum absolute atomic E-state index is 9.42. The van der Waals surface area contributed by atoms with Crippen LogP contribution in [0.2, 0.25) is 5.15 Å². The van der Waals surface area contributed by atoms with Crippen molar-refractivity contribution in [2.75, 3.05) is 14.2 Å². The number of aliphatic hydroxyl groups is 1. The molecule has 0 spiro atoms. The highest BCUT2D eigenvalue weighted by Gasteiger charge is 2.13. The predicted octanol–water partition coefficient (Wildman–Crippen LogP) is 2.40. The zero-order chi connectivity index (χ0) is 12.4. The molecule has 90 valence electrons. The molecule has 1 aromatic heterocycles. The van der Waals surface area contributed by atoms with E-state index in [0.717, 1.165) is 10.8 Å². The number of fused-ring (bicyclic) bond motifs is 1. The third-order valence-electron chi connectivity index (χ3n) is 2.62. The minimum atomic E-state index is -0.135. The number of ether oxygens (including phenoxy) is 2. The number of benzene rings is 1. The summed E-state index contributed by atoms with van der Waals surface area (Å²) < 4.78 is 10.5. The first-order valence-corrected chi connectivity index (χ1v) is 5.39. The van der Waals surface area contributed by atoms with E-state index in [1.807, 2.05) is 0 Å². The van der Waals surface area contributed by atoms with Crippen LogP contribution in [0.15, 0.2) is 18.3 Å². The van der Waals surface area contributed by atoms with Gasteiger partial charge in [0.1, 0.15) is 16.7 Å². The van der Waals surface area contributed by atoms with Gasteiger partial charge in [-0.3, -0.25) is 0 Å². The van der Waals surface area contributed by atoms with Crippen LogP contribution in [0.1, 0.15) is 5.56 Å². The second kappa shape index (κ2) is 4.77. The van der Waals surface area contributed by atoms with Crippen molar-refractivity contribution in [1.82, 2.24) is 4.98 Å². The van der Waals surface area contributed by atoms with Crippen LogP contribution in [0, 0.1) is 0 Å². The number of aliphatic hydroxyl groups excluding tert-OH is 1. The van der Waals surface area contributed by atoms with Gasteiger partial charge >= 0.3 is 0 Å². The van der Waals surface area contributed by atoms with Gasteiger partial charge in [-0.15, -0.1) is 0 Å². The largest absolute Gasteiger partial charge is 0.496 e. The number of halogens is 1. The van der Waals surface area contributed by atoms with Crippen molar-refractivity contribution in [3.8, 4) is 11.5 Å². The van der Waals surface area contributed by atoms with Gasteiger partial charge < -0.3 is 14.6 Å². The van der Waals surface area contributed by atoms with Gasteiger partial charge in [-0.2, -0.15) is 0 Å². The summed E-state index contributed by atoms with van der Waals surface area (Å²) in [5, 5.41) is 11.4. The molecule has 0 amide bonds. The van der Waals surface area contributed by atoms with E-state index in [2.05, 4.69) is 4.98 Å². The molecule has 2 aromatic rings. The molecule has 2 rings (SSSR count). The predicted molar refractivity (Wildman–Crippen MR) is 65.8 cm³/mol. The third kappa shape index (κ3) is 2.01.